The minimum atomic E-state index is -2.18. The van der Waals surface area contributed by atoms with E-state index in [1.165, 1.54) is 20.9 Å². The van der Waals surface area contributed by atoms with Crippen LogP contribution in [0.5, 0.6) is 0 Å². The lowest BCUT2D eigenvalue weighted by atomic mass is 9.87. The molecular formula is C34H25Cl2PS3. The number of fused-ring (bicyclic) bond motifs is 1. The number of benzene rings is 4. The highest BCUT2D eigenvalue weighted by molar-refractivity contribution is 9.15. The van der Waals surface area contributed by atoms with Crippen LogP contribution in [-0.2, 0) is 12.2 Å². The monoisotopic (exact) mass is 630 g/mol. The minimum absolute atomic E-state index is 0.0581. The summed E-state index contributed by atoms with van der Waals surface area (Å²) < 4.78 is 0. The first kappa shape index (κ1) is 28.0. The minimum Gasteiger partial charge on any atom is -0.530 e. The third kappa shape index (κ3) is 5.79. The Morgan fingerprint density at radius 2 is 1.15 bits per heavy atom. The van der Waals surface area contributed by atoms with Crippen LogP contribution in [0.15, 0.2) is 133 Å². The fraction of sp³-hybridized carbons (Fsp3) is 0.0588. The first-order valence-electron chi connectivity index (χ1n) is 12.9. The number of allylic oxidation sites excluding steroid dienone is 4. The van der Waals surface area contributed by atoms with Gasteiger partial charge in [-0.25, -0.2) is 0 Å². The van der Waals surface area contributed by atoms with E-state index in [1.54, 1.807) is 0 Å². The van der Waals surface area contributed by atoms with E-state index in [2.05, 4.69) is 109 Å². The lowest BCUT2D eigenvalue weighted by Crippen LogP contribution is -2.32. The lowest BCUT2D eigenvalue weighted by molar-refractivity contribution is 0.730. The molecule has 0 spiro atoms. The van der Waals surface area contributed by atoms with Gasteiger partial charge in [-0.3, -0.25) is 0 Å². The molecule has 0 saturated carbocycles. The maximum Gasteiger partial charge on any atom is 0.129 e. The zero-order valence-corrected chi connectivity index (χ0v) is 26.2. The molecule has 3 unspecified atom stereocenters. The van der Waals surface area contributed by atoms with Crippen LogP contribution in [0, 0.1) is 5.92 Å². The second-order valence-electron chi connectivity index (χ2n) is 9.66. The molecular weight excluding hydrogens is 606 g/mol. The molecule has 2 heterocycles. The average molecular weight is 632 g/mol. The molecule has 0 nitrogen and oxygen atoms in total. The van der Waals surface area contributed by atoms with Crippen molar-refractivity contribution in [2.24, 2.45) is 5.92 Å². The van der Waals surface area contributed by atoms with Crippen LogP contribution in [0.3, 0.4) is 0 Å². The summed E-state index contributed by atoms with van der Waals surface area (Å²) in [4.78, 5) is 0.245. The lowest BCUT2D eigenvalue weighted by Gasteiger charge is -2.46. The maximum atomic E-state index is 6.79. The molecule has 3 atom stereocenters. The molecule has 0 aromatic heterocycles. The highest BCUT2D eigenvalue weighted by Gasteiger charge is 2.60. The van der Waals surface area contributed by atoms with Crippen molar-refractivity contribution in [2.45, 2.75) is 5.16 Å². The van der Waals surface area contributed by atoms with Gasteiger partial charge in [-0.05, 0) is 58.7 Å². The Kier molecular flexibility index (Phi) is 8.43. The van der Waals surface area contributed by atoms with Gasteiger partial charge in [0.25, 0.3) is 0 Å². The first-order valence-corrected chi connectivity index (χ1v) is 19.3. The van der Waals surface area contributed by atoms with Gasteiger partial charge in [0, 0.05) is 43.6 Å². The van der Waals surface area contributed by atoms with Crippen molar-refractivity contribution in [3.05, 3.63) is 166 Å². The van der Waals surface area contributed by atoms with E-state index in [-0.39, 0.29) is 11.1 Å². The van der Waals surface area contributed by atoms with E-state index in [9.17, 15) is 0 Å². The third-order valence-corrected chi connectivity index (χ3v) is 18.8. The topological polar surface area (TPSA) is 0 Å². The SMILES string of the molecule is [S-][P+]12SC(c3ccc(Cl)cc3)=CC(/C=C/c3ccccc3)C1(/C=C/c1ccccc1)C=C(c1ccc(Cl)cc1)S2. The first-order chi connectivity index (χ1) is 19.4. The highest BCUT2D eigenvalue weighted by atomic mass is 35.5. The molecule has 2 aliphatic rings. The van der Waals surface area contributed by atoms with Crippen LogP contribution in [0.2, 0.25) is 10.0 Å². The molecule has 6 heteroatoms. The van der Waals surface area contributed by atoms with Gasteiger partial charge in [0.1, 0.15) is 5.16 Å². The molecule has 198 valence electrons. The van der Waals surface area contributed by atoms with Gasteiger partial charge < -0.3 is 12.2 Å². The molecule has 6 rings (SSSR count). The number of halogens is 2. The fourth-order valence-electron chi connectivity index (χ4n) is 4.90. The van der Waals surface area contributed by atoms with Crippen LogP contribution in [0.25, 0.3) is 22.0 Å². The summed E-state index contributed by atoms with van der Waals surface area (Å²) in [6, 6.07) is 37.2. The molecule has 0 radical (unpaired) electrons. The van der Waals surface area contributed by atoms with Gasteiger partial charge in [-0.15, -0.1) is 0 Å². The normalized spacial score (nSPS) is 24.2. The third-order valence-electron chi connectivity index (χ3n) is 7.03. The predicted molar refractivity (Wildman–Crippen MR) is 185 cm³/mol. The average Bonchev–Trinajstić information content (AvgIpc) is 3.29. The van der Waals surface area contributed by atoms with E-state index >= 15 is 0 Å². The Balaban J connectivity index is 1.53. The number of hydrogen-bond donors (Lipinski definition) is 0. The van der Waals surface area contributed by atoms with Gasteiger partial charge in [0.2, 0.25) is 0 Å². The van der Waals surface area contributed by atoms with Crippen LogP contribution in [-0.4, -0.2) is 5.16 Å². The Bertz CT molecular complexity index is 1570. The summed E-state index contributed by atoms with van der Waals surface area (Å²) in [6.45, 7) is 0. The summed E-state index contributed by atoms with van der Waals surface area (Å²) in [5, 5.41) is 1.11. The van der Waals surface area contributed by atoms with Crippen LogP contribution >= 0.6 is 50.8 Å². The van der Waals surface area contributed by atoms with Crippen molar-refractivity contribution < 1.29 is 0 Å². The Morgan fingerprint density at radius 3 is 1.73 bits per heavy atom. The Morgan fingerprint density at radius 1 is 0.650 bits per heavy atom. The van der Waals surface area contributed by atoms with Gasteiger partial charge >= 0.3 is 0 Å². The summed E-state index contributed by atoms with van der Waals surface area (Å²) in [6.07, 6.45) is 14.0. The predicted octanol–water partition coefficient (Wildman–Crippen LogP) is 12.0. The Labute approximate surface area is 260 Å². The zero-order valence-electron chi connectivity index (χ0n) is 21.4. The van der Waals surface area contributed by atoms with Crippen LogP contribution < -0.4 is 0 Å². The number of hydrogen-bond acceptors (Lipinski definition) is 3. The highest BCUT2D eigenvalue weighted by Crippen LogP contribution is 2.95. The van der Waals surface area contributed by atoms with Crippen LogP contribution in [0.4, 0.5) is 0 Å². The van der Waals surface area contributed by atoms with Gasteiger partial charge in [0.05, 0.1) is 9.81 Å². The summed E-state index contributed by atoms with van der Waals surface area (Å²) in [5.41, 5.74) is 4.64. The molecule has 40 heavy (non-hydrogen) atoms. The van der Waals surface area contributed by atoms with Crippen molar-refractivity contribution in [3.8, 4) is 0 Å². The van der Waals surface area contributed by atoms with E-state index in [1.807, 2.05) is 59.2 Å². The second kappa shape index (κ2) is 12.0. The van der Waals surface area contributed by atoms with Crippen molar-refractivity contribution >= 4 is 85.0 Å². The summed E-state index contributed by atoms with van der Waals surface area (Å²) in [5.74, 6) is 0.0581. The molecule has 0 aliphatic carbocycles. The van der Waals surface area contributed by atoms with Crippen molar-refractivity contribution in [3.63, 3.8) is 0 Å². The standard InChI is InChI=1S/C34H25Cl2PS3/c35-30-17-12-27(13-18-30)32-23-29(16-11-25-7-3-1-4-8-25)34(22-21-26-9-5-2-6-10-26)24-33(40-37(34,38)39-32)28-14-19-31(36)20-15-28/h1-24,29H/b16-11+,22-21+. The molecule has 0 fully saturated rings. The van der Waals surface area contributed by atoms with E-state index in [0.717, 1.165) is 21.2 Å². The molecule has 4 aromatic rings. The quantitative estimate of drug-likeness (QED) is 0.154. The van der Waals surface area contributed by atoms with E-state index < -0.39 is 4.87 Å². The number of rotatable bonds is 6. The molecule has 0 saturated heterocycles. The molecule has 0 bridgehead atoms. The Hall–Kier alpha value is -2.10. The van der Waals surface area contributed by atoms with Gasteiger partial charge in [-0.2, -0.15) is 0 Å². The van der Waals surface area contributed by atoms with E-state index in [4.69, 9.17) is 35.5 Å². The van der Waals surface area contributed by atoms with Gasteiger partial charge in [0.15, 0.2) is 0 Å². The van der Waals surface area contributed by atoms with Crippen molar-refractivity contribution in [1.29, 1.82) is 0 Å². The zero-order chi connectivity index (χ0) is 27.6. The fourth-order valence-corrected chi connectivity index (χ4v) is 17.1. The molecule has 2 aliphatic heterocycles. The van der Waals surface area contributed by atoms with Crippen molar-refractivity contribution in [2.75, 3.05) is 0 Å². The van der Waals surface area contributed by atoms with Gasteiger partial charge in [-0.1, -0.05) is 132 Å². The van der Waals surface area contributed by atoms with E-state index in [0.29, 0.717) is 0 Å². The molecule has 0 amide bonds. The summed E-state index contributed by atoms with van der Waals surface area (Å²) in [7, 11) is 0. The molecule has 4 aromatic carbocycles. The maximum absolute atomic E-state index is 6.79. The smallest absolute Gasteiger partial charge is 0.129 e. The van der Waals surface area contributed by atoms with Crippen molar-refractivity contribution in [1.82, 2.24) is 0 Å². The largest absolute Gasteiger partial charge is 0.530 e. The second-order valence-corrected chi connectivity index (χ2v) is 21.7. The van der Waals surface area contributed by atoms with Crippen LogP contribution in [0.1, 0.15) is 22.3 Å². The molecule has 0 N–H and O–H groups in total. The summed E-state index contributed by atoms with van der Waals surface area (Å²) >= 11 is 23.0.